The molecule has 8 nitrogen and oxygen atoms in total. The first kappa shape index (κ1) is 22.1. The maximum atomic E-state index is 12.1. The van der Waals surface area contributed by atoms with Crippen LogP contribution in [0.15, 0.2) is 59.5 Å². The topological polar surface area (TPSA) is 125 Å². The van der Waals surface area contributed by atoms with Crippen LogP contribution in [-0.2, 0) is 24.3 Å². The van der Waals surface area contributed by atoms with Crippen molar-refractivity contribution in [3.8, 4) is 5.75 Å². The van der Waals surface area contributed by atoms with E-state index in [0.717, 1.165) is 11.3 Å². The summed E-state index contributed by atoms with van der Waals surface area (Å²) in [6.07, 6.45) is 1.74. The van der Waals surface area contributed by atoms with E-state index in [9.17, 15) is 18.0 Å². The summed E-state index contributed by atoms with van der Waals surface area (Å²) in [5.41, 5.74) is 1.12. The molecule has 0 heterocycles. The van der Waals surface area contributed by atoms with Crippen molar-refractivity contribution in [2.24, 2.45) is 5.14 Å². The fourth-order valence-electron chi connectivity index (χ4n) is 2.24. The first-order valence-electron chi connectivity index (χ1n) is 8.74. The third-order valence-electron chi connectivity index (χ3n) is 3.72. The molecule has 0 aliphatic rings. The molecular formula is C20H22N2O6S. The molecule has 0 aliphatic heterocycles. The quantitative estimate of drug-likeness (QED) is 0.501. The van der Waals surface area contributed by atoms with Crippen molar-refractivity contribution in [1.29, 1.82) is 0 Å². The summed E-state index contributed by atoms with van der Waals surface area (Å²) >= 11 is 0. The van der Waals surface area contributed by atoms with Gasteiger partial charge < -0.3 is 14.8 Å². The molecule has 154 valence electrons. The van der Waals surface area contributed by atoms with Gasteiger partial charge in [0.15, 0.2) is 6.10 Å². The fraction of sp³-hybridized carbons (Fsp3) is 0.200. The number of hydrogen-bond acceptors (Lipinski definition) is 6. The van der Waals surface area contributed by atoms with Crippen molar-refractivity contribution in [1.82, 2.24) is 0 Å². The van der Waals surface area contributed by atoms with E-state index in [1.807, 2.05) is 6.92 Å². The summed E-state index contributed by atoms with van der Waals surface area (Å²) in [4.78, 5) is 24.0. The Balaban J connectivity index is 1.88. The van der Waals surface area contributed by atoms with Gasteiger partial charge in [0.2, 0.25) is 10.0 Å². The number of primary sulfonamides is 1. The largest absolute Gasteiger partial charge is 0.494 e. The molecule has 0 bridgehead atoms. The third kappa shape index (κ3) is 7.05. The maximum Gasteiger partial charge on any atom is 0.331 e. The SMILES string of the molecule is CCOc1ccc(/C=C/C(=O)OC(C)C(=O)Nc2ccc(S(N)(=O)=O)cc2)cc1. The highest BCUT2D eigenvalue weighted by molar-refractivity contribution is 7.89. The molecule has 29 heavy (non-hydrogen) atoms. The minimum absolute atomic E-state index is 0.0746. The van der Waals surface area contributed by atoms with E-state index in [-0.39, 0.29) is 4.90 Å². The fourth-order valence-corrected chi connectivity index (χ4v) is 2.76. The molecule has 0 aromatic heterocycles. The normalized spacial score (nSPS) is 12.4. The number of sulfonamides is 1. The Morgan fingerprint density at radius 3 is 2.28 bits per heavy atom. The van der Waals surface area contributed by atoms with Gasteiger partial charge in [-0.15, -0.1) is 0 Å². The molecule has 0 radical (unpaired) electrons. The second-order valence-corrected chi connectivity index (χ2v) is 7.53. The third-order valence-corrected chi connectivity index (χ3v) is 4.64. The zero-order valence-electron chi connectivity index (χ0n) is 16.0. The van der Waals surface area contributed by atoms with Crippen LogP contribution < -0.4 is 15.2 Å². The molecule has 2 aromatic rings. The van der Waals surface area contributed by atoms with Gasteiger partial charge in [-0.25, -0.2) is 18.4 Å². The summed E-state index contributed by atoms with van der Waals surface area (Å²) in [5.74, 6) is -0.503. The average Bonchev–Trinajstić information content (AvgIpc) is 2.67. The summed E-state index contributed by atoms with van der Waals surface area (Å²) in [5, 5.41) is 7.55. The number of anilines is 1. The van der Waals surface area contributed by atoms with Crippen molar-refractivity contribution in [3.05, 3.63) is 60.2 Å². The van der Waals surface area contributed by atoms with E-state index in [0.29, 0.717) is 12.3 Å². The number of nitrogens with two attached hydrogens (primary N) is 1. The summed E-state index contributed by atoms with van der Waals surface area (Å²) in [6, 6.07) is 12.4. The van der Waals surface area contributed by atoms with Gasteiger partial charge in [-0.05, 0) is 61.9 Å². The molecular weight excluding hydrogens is 396 g/mol. The van der Waals surface area contributed by atoms with Gasteiger partial charge in [0.25, 0.3) is 5.91 Å². The molecule has 0 saturated carbocycles. The number of amides is 1. The van der Waals surface area contributed by atoms with Crippen LogP contribution in [0.1, 0.15) is 19.4 Å². The highest BCUT2D eigenvalue weighted by atomic mass is 32.2. The molecule has 0 aliphatic carbocycles. The maximum absolute atomic E-state index is 12.1. The Morgan fingerprint density at radius 2 is 1.72 bits per heavy atom. The number of nitrogens with one attached hydrogen (secondary N) is 1. The van der Waals surface area contributed by atoms with Gasteiger partial charge >= 0.3 is 5.97 Å². The molecule has 2 rings (SSSR count). The van der Waals surface area contributed by atoms with Gasteiger partial charge in [0, 0.05) is 11.8 Å². The number of hydrogen-bond donors (Lipinski definition) is 2. The van der Waals surface area contributed by atoms with Crippen LogP contribution in [0.25, 0.3) is 6.08 Å². The van der Waals surface area contributed by atoms with Gasteiger partial charge in [0.05, 0.1) is 11.5 Å². The zero-order chi connectivity index (χ0) is 21.4. The van der Waals surface area contributed by atoms with E-state index in [1.165, 1.54) is 37.3 Å². The van der Waals surface area contributed by atoms with Crippen LogP contribution in [0, 0.1) is 0 Å². The van der Waals surface area contributed by atoms with Crippen LogP contribution in [0.5, 0.6) is 5.75 Å². The van der Waals surface area contributed by atoms with E-state index < -0.39 is 28.0 Å². The molecule has 0 spiro atoms. The predicted octanol–water partition coefficient (Wildman–Crippen LogP) is 2.32. The molecule has 0 fully saturated rings. The highest BCUT2D eigenvalue weighted by Crippen LogP contribution is 2.14. The Labute approximate surface area is 169 Å². The lowest BCUT2D eigenvalue weighted by Crippen LogP contribution is -2.29. The van der Waals surface area contributed by atoms with Crippen molar-refractivity contribution < 1.29 is 27.5 Å². The van der Waals surface area contributed by atoms with E-state index in [2.05, 4.69) is 5.32 Å². The molecule has 1 atom stereocenters. The second-order valence-electron chi connectivity index (χ2n) is 5.97. The van der Waals surface area contributed by atoms with E-state index in [4.69, 9.17) is 14.6 Å². The van der Waals surface area contributed by atoms with Gasteiger partial charge in [0.1, 0.15) is 5.75 Å². The first-order valence-corrected chi connectivity index (χ1v) is 10.3. The minimum Gasteiger partial charge on any atom is -0.494 e. The van der Waals surface area contributed by atoms with Crippen LogP contribution in [-0.4, -0.2) is 33.0 Å². The summed E-state index contributed by atoms with van der Waals surface area (Å²) < 4.78 is 32.9. The van der Waals surface area contributed by atoms with Crippen LogP contribution >= 0.6 is 0 Å². The Kier molecular flexibility index (Phi) is 7.52. The van der Waals surface area contributed by atoms with Crippen LogP contribution in [0.2, 0.25) is 0 Å². The number of carbonyl (C=O) groups is 2. The molecule has 9 heteroatoms. The number of esters is 1. The van der Waals surface area contributed by atoms with Gasteiger partial charge in [-0.2, -0.15) is 0 Å². The minimum atomic E-state index is -3.81. The predicted molar refractivity (Wildman–Crippen MR) is 109 cm³/mol. The average molecular weight is 418 g/mol. The summed E-state index contributed by atoms with van der Waals surface area (Å²) in [7, 11) is -3.81. The van der Waals surface area contributed by atoms with Crippen molar-refractivity contribution in [2.45, 2.75) is 24.8 Å². The number of rotatable bonds is 8. The first-order chi connectivity index (χ1) is 13.7. The lowest BCUT2D eigenvalue weighted by atomic mass is 10.2. The van der Waals surface area contributed by atoms with Crippen LogP contribution in [0.3, 0.4) is 0 Å². The van der Waals surface area contributed by atoms with Crippen molar-refractivity contribution in [2.75, 3.05) is 11.9 Å². The van der Waals surface area contributed by atoms with Crippen molar-refractivity contribution in [3.63, 3.8) is 0 Å². The molecule has 1 amide bonds. The monoisotopic (exact) mass is 418 g/mol. The number of carbonyl (C=O) groups excluding carboxylic acids is 2. The van der Waals surface area contributed by atoms with Gasteiger partial charge in [-0.3, -0.25) is 4.79 Å². The van der Waals surface area contributed by atoms with Crippen LogP contribution in [0.4, 0.5) is 5.69 Å². The number of benzene rings is 2. The molecule has 0 saturated heterocycles. The van der Waals surface area contributed by atoms with Gasteiger partial charge in [-0.1, -0.05) is 12.1 Å². The summed E-state index contributed by atoms with van der Waals surface area (Å²) in [6.45, 7) is 3.88. The van der Waals surface area contributed by atoms with Crippen molar-refractivity contribution >= 4 is 33.7 Å². The smallest absolute Gasteiger partial charge is 0.331 e. The van der Waals surface area contributed by atoms with E-state index >= 15 is 0 Å². The highest BCUT2D eigenvalue weighted by Gasteiger charge is 2.17. The van der Waals surface area contributed by atoms with E-state index in [1.54, 1.807) is 30.3 Å². The molecule has 3 N–H and O–H groups in total. The Hall–Kier alpha value is -3.17. The lowest BCUT2D eigenvalue weighted by molar-refractivity contribution is -0.148. The molecule has 2 aromatic carbocycles. The zero-order valence-corrected chi connectivity index (χ0v) is 16.8. The Morgan fingerprint density at radius 1 is 1.10 bits per heavy atom. The molecule has 1 unspecified atom stereocenters. The standard InChI is InChI=1S/C20H22N2O6S/c1-3-27-17-9-4-15(5-10-17)6-13-19(23)28-14(2)20(24)22-16-7-11-18(12-8-16)29(21,25)26/h4-14H,3H2,1-2H3,(H,22,24)(H2,21,25,26)/b13-6+. The lowest BCUT2D eigenvalue weighted by Gasteiger charge is -2.12. The second kappa shape index (κ2) is 9.85. The Bertz CT molecular complexity index is 983. The number of ether oxygens (including phenoxy) is 2.